The summed E-state index contributed by atoms with van der Waals surface area (Å²) in [5.41, 5.74) is 0.923. The van der Waals surface area contributed by atoms with E-state index in [1.807, 2.05) is 17.2 Å². The predicted molar refractivity (Wildman–Crippen MR) is 113 cm³/mol. The minimum atomic E-state index is -3.24. The van der Waals surface area contributed by atoms with Crippen molar-refractivity contribution in [1.82, 2.24) is 14.3 Å². The van der Waals surface area contributed by atoms with Crippen LogP contribution in [-0.4, -0.2) is 68.9 Å². The molecule has 0 saturated carbocycles. The summed E-state index contributed by atoms with van der Waals surface area (Å²) in [6, 6.07) is 2.01. The quantitative estimate of drug-likeness (QED) is 0.656. The highest BCUT2D eigenvalue weighted by molar-refractivity contribution is 7.94. The Morgan fingerprint density at radius 3 is 2.53 bits per heavy atom. The zero-order valence-corrected chi connectivity index (χ0v) is 18.4. The fourth-order valence-electron chi connectivity index (χ4n) is 3.84. The molecule has 1 atom stereocenters. The summed E-state index contributed by atoms with van der Waals surface area (Å²) in [6.45, 7) is 0.840. The third-order valence-electron chi connectivity index (χ3n) is 5.45. The molecule has 1 unspecified atom stereocenters. The van der Waals surface area contributed by atoms with Gasteiger partial charge in [-0.25, -0.2) is 26.1 Å². The maximum absolute atomic E-state index is 11.8. The molecule has 1 aliphatic carbocycles. The molecule has 1 aromatic heterocycles. The number of ether oxygens (including phenoxy) is 1. The minimum Gasteiger partial charge on any atom is -0.460 e. The molecule has 0 amide bonds. The first-order chi connectivity index (χ1) is 14.1. The second-order valence-corrected chi connectivity index (χ2v) is 11.7. The molecule has 1 fully saturated rings. The van der Waals surface area contributed by atoms with E-state index < -0.39 is 19.9 Å². The third kappa shape index (κ3) is 4.42. The second-order valence-electron chi connectivity index (χ2n) is 7.67. The number of hydrogen-bond donors (Lipinski definition) is 0. The third-order valence-corrected chi connectivity index (χ3v) is 7.90. The van der Waals surface area contributed by atoms with E-state index in [1.165, 1.54) is 16.8 Å². The van der Waals surface area contributed by atoms with Crippen LogP contribution in [0, 0.1) is 0 Å². The lowest BCUT2D eigenvalue weighted by Crippen LogP contribution is -2.41. The average Bonchev–Trinajstić information content (AvgIpc) is 3.10. The van der Waals surface area contributed by atoms with Gasteiger partial charge in [-0.05, 0) is 43.1 Å². The number of nitrogens with zero attached hydrogens (tertiary/aromatic N) is 4. The van der Waals surface area contributed by atoms with Crippen LogP contribution in [0.2, 0.25) is 0 Å². The van der Waals surface area contributed by atoms with Crippen LogP contribution >= 0.6 is 0 Å². The first kappa shape index (κ1) is 21.0. The van der Waals surface area contributed by atoms with E-state index in [4.69, 9.17) is 4.74 Å². The maximum Gasteiger partial charge on any atom is 0.318 e. The maximum atomic E-state index is 11.8. The number of hydrogen-bond acceptors (Lipinski definition) is 8. The Morgan fingerprint density at radius 1 is 1.13 bits per heavy atom. The molecule has 1 aromatic rings. The fraction of sp³-hybridized carbons (Fsp3) is 0.474. The molecule has 1 saturated heterocycles. The summed E-state index contributed by atoms with van der Waals surface area (Å²) in [4.78, 5) is 11.0. The number of anilines is 1. The van der Waals surface area contributed by atoms with E-state index >= 15 is 0 Å². The summed E-state index contributed by atoms with van der Waals surface area (Å²) in [7, 11) is -6.42. The second kappa shape index (κ2) is 7.78. The van der Waals surface area contributed by atoms with E-state index in [-0.39, 0.29) is 18.2 Å². The molecule has 3 heterocycles. The topological polar surface area (TPSA) is 110 Å². The van der Waals surface area contributed by atoms with Crippen LogP contribution in [0.5, 0.6) is 6.01 Å². The van der Waals surface area contributed by atoms with Gasteiger partial charge in [0, 0.05) is 31.7 Å². The van der Waals surface area contributed by atoms with Gasteiger partial charge in [0.2, 0.25) is 10.0 Å². The number of sulfone groups is 1. The molecule has 9 nitrogen and oxygen atoms in total. The highest BCUT2D eigenvalue weighted by Gasteiger charge is 2.30. The van der Waals surface area contributed by atoms with Crippen LogP contribution in [0.25, 0.3) is 0 Å². The Bertz CT molecular complexity index is 1130. The lowest BCUT2D eigenvalue weighted by molar-refractivity contribution is 0.124. The van der Waals surface area contributed by atoms with Crippen LogP contribution in [0.15, 0.2) is 47.2 Å². The van der Waals surface area contributed by atoms with Crippen LogP contribution in [-0.2, 0) is 19.9 Å². The summed E-state index contributed by atoms with van der Waals surface area (Å²) in [6.07, 6.45) is 12.8. The molecule has 11 heteroatoms. The monoisotopic (exact) mass is 452 g/mol. The van der Waals surface area contributed by atoms with Gasteiger partial charge in [-0.1, -0.05) is 6.08 Å². The molecular weight excluding hydrogens is 428 g/mol. The predicted octanol–water partition coefficient (Wildman–Crippen LogP) is 1.24. The smallest absolute Gasteiger partial charge is 0.318 e. The largest absolute Gasteiger partial charge is 0.460 e. The standard InChI is InChI=1S/C19H24N4O5S2/c1-29(24,25)16-3-4-17-14(13-16)6-12-23(17)18-5-9-20-19(21-18)28-15-7-10-22(11-8-15)30(2,26)27/h3,5-6,9,12-13,15,17H,4,7-8,10-11H2,1-2H3. The van der Waals surface area contributed by atoms with Gasteiger partial charge >= 0.3 is 6.01 Å². The van der Waals surface area contributed by atoms with Crippen molar-refractivity contribution < 1.29 is 21.6 Å². The van der Waals surface area contributed by atoms with E-state index in [0.29, 0.717) is 43.1 Å². The summed E-state index contributed by atoms with van der Waals surface area (Å²) < 4.78 is 54.3. The lowest BCUT2D eigenvalue weighted by Gasteiger charge is -2.30. The number of rotatable bonds is 5. The average molecular weight is 453 g/mol. The molecule has 0 bridgehead atoms. The molecule has 0 spiro atoms. The molecule has 0 N–H and O–H groups in total. The van der Waals surface area contributed by atoms with Crippen LogP contribution < -0.4 is 9.64 Å². The van der Waals surface area contributed by atoms with Gasteiger partial charge in [0.15, 0.2) is 9.84 Å². The highest BCUT2D eigenvalue weighted by Crippen LogP contribution is 2.34. The molecule has 162 valence electrons. The molecule has 0 radical (unpaired) electrons. The summed E-state index contributed by atoms with van der Waals surface area (Å²) in [5, 5.41) is 0. The Hall–Kier alpha value is -2.24. The normalized spacial score (nSPS) is 23.1. The van der Waals surface area contributed by atoms with Gasteiger partial charge in [-0.15, -0.1) is 0 Å². The van der Waals surface area contributed by atoms with Crippen molar-refractivity contribution in [2.45, 2.75) is 31.4 Å². The lowest BCUT2D eigenvalue weighted by atomic mass is 10.0. The SMILES string of the molecule is CS(=O)(=O)C1=CCC2C(=C1)C=CN2c1ccnc(OC2CCN(S(C)(=O)=O)CC2)n1. The Labute approximate surface area is 176 Å². The number of aromatic nitrogens is 2. The van der Waals surface area contributed by atoms with Crippen LogP contribution in [0.3, 0.4) is 0 Å². The van der Waals surface area contributed by atoms with Gasteiger partial charge in [-0.3, -0.25) is 0 Å². The first-order valence-corrected chi connectivity index (χ1v) is 13.4. The van der Waals surface area contributed by atoms with Gasteiger partial charge in [0.1, 0.15) is 11.9 Å². The Morgan fingerprint density at radius 2 is 1.87 bits per heavy atom. The number of piperidine rings is 1. The molecule has 3 aliphatic rings. The Balaban J connectivity index is 1.44. The van der Waals surface area contributed by atoms with E-state index in [1.54, 1.807) is 24.4 Å². The van der Waals surface area contributed by atoms with E-state index in [9.17, 15) is 16.8 Å². The van der Waals surface area contributed by atoms with Crippen LogP contribution in [0.4, 0.5) is 5.82 Å². The van der Waals surface area contributed by atoms with Crippen molar-refractivity contribution in [1.29, 1.82) is 0 Å². The molecule has 2 aliphatic heterocycles. The molecule has 30 heavy (non-hydrogen) atoms. The molecule has 4 rings (SSSR count). The summed E-state index contributed by atoms with van der Waals surface area (Å²) in [5.74, 6) is 0.662. The van der Waals surface area contributed by atoms with Gasteiger partial charge in [-0.2, -0.15) is 4.98 Å². The van der Waals surface area contributed by atoms with E-state index in [0.717, 1.165) is 5.57 Å². The van der Waals surface area contributed by atoms with E-state index in [2.05, 4.69) is 9.97 Å². The van der Waals surface area contributed by atoms with Crippen molar-refractivity contribution in [2.24, 2.45) is 0 Å². The van der Waals surface area contributed by atoms with Crippen molar-refractivity contribution in [3.8, 4) is 6.01 Å². The first-order valence-electron chi connectivity index (χ1n) is 9.64. The Kier molecular flexibility index (Phi) is 5.45. The van der Waals surface area contributed by atoms with Crippen LogP contribution in [0.1, 0.15) is 19.3 Å². The number of fused-ring (bicyclic) bond motifs is 1. The summed E-state index contributed by atoms with van der Waals surface area (Å²) >= 11 is 0. The van der Waals surface area contributed by atoms with Crippen molar-refractivity contribution in [2.75, 3.05) is 30.5 Å². The zero-order chi connectivity index (χ0) is 21.5. The van der Waals surface area contributed by atoms with Crippen molar-refractivity contribution in [3.63, 3.8) is 0 Å². The molecule has 0 aromatic carbocycles. The highest BCUT2D eigenvalue weighted by atomic mass is 32.2. The zero-order valence-electron chi connectivity index (χ0n) is 16.8. The van der Waals surface area contributed by atoms with Gasteiger partial charge in [0.25, 0.3) is 0 Å². The molecular formula is C19H24N4O5S2. The fourth-order valence-corrected chi connectivity index (χ4v) is 5.47. The van der Waals surface area contributed by atoms with Crippen molar-refractivity contribution >= 4 is 25.7 Å². The number of sulfonamides is 1. The minimum absolute atomic E-state index is 0.0174. The number of allylic oxidation sites excluding steroid dienone is 1. The van der Waals surface area contributed by atoms with Gasteiger partial charge < -0.3 is 9.64 Å². The van der Waals surface area contributed by atoms with Gasteiger partial charge in [0.05, 0.1) is 17.2 Å². The van der Waals surface area contributed by atoms with Crippen molar-refractivity contribution in [3.05, 3.63) is 47.2 Å².